The molecule has 14 rings (SSSR count). The molecule has 0 aliphatic carbocycles. The zero-order chi connectivity index (χ0) is 42.6. The highest BCUT2D eigenvalue weighted by Crippen LogP contribution is 2.44. The monoisotopic (exact) mass is 846 g/mol. The number of hydrogen-bond acceptors (Lipinski definition) is 5. The fraction of sp³-hybridized carbons (Fsp3) is 0. The van der Waals surface area contributed by atoms with Crippen LogP contribution in [0.2, 0.25) is 0 Å². The van der Waals surface area contributed by atoms with Crippen molar-refractivity contribution in [1.29, 1.82) is 0 Å². The van der Waals surface area contributed by atoms with Gasteiger partial charge in [-0.1, -0.05) is 152 Å². The summed E-state index contributed by atoms with van der Waals surface area (Å²) in [5.41, 5.74) is 10.1. The highest BCUT2D eigenvalue weighted by atomic mass is 32.1. The number of para-hydroxylation sites is 1. The first-order chi connectivity index (χ1) is 32.2. The van der Waals surface area contributed by atoms with Crippen molar-refractivity contribution in [3.05, 3.63) is 206 Å². The first-order valence-electron chi connectivity index (χ1n) is 21.8. The molecule has 5 nitrogen and oxygen atoms in total. The number of benzene rings is 10. The average Bonchev–Trinajstić information content (AvgIpc) is 4.05. The van der Waals surface area contributed by atoms with Gasteiger partial charge in [-0.05, 0) is 75.8 Å². The number of nitrogens with zero attached hydrogens (tertiary/aromatic N) is 4. The number of aromatic nitrogens is 4. The molecular formula is C59H34N4OS. The van der Waals surface area contributed by atoms with Crippen molar-refractivity contribution in [3.63, 3.8) is 0 Å². The van der Waals surface area contributed by atoms with Crippen LogP contribution in [0.4, 0.5) is 0 Å². The second kappa shape index (κ2) is 14.0. The van der Waals surface area contributed by atoms with Gasteiger partial charge in [0.15, 0.2) is 17.5 Å². The van der Waals surface area contributed by atoms with E-state index >= 15 is 0 Å². The van der Waals surface area contributed by atoms with Crippen LogP contribution in [0.15, 0.2) is 211 Å². The maximum absolute atomic E-state index is 6.83. The Labute approximate surface area is 376 Å². The zero-order valence-corrected chi connectivity index (χ0v) is 35.6. The molecule has 6 heteroatoms. The largest absolute Gasteiger partial charge is 0.456 e. The van der Waals surface area contributed by atoms with Crippen molar-refractivity contribution in [1.82, 2.24) is 19.5 Å². The normalized spacial score (nSPS) is 12.0. The van der Waals surface area contributed by atoms with Gasteiger partial charge in [-0.2, -0.15) is 0 Å². The molecule has 0 spiro atoms. The van der Waals surface area contributed by atoms with Gasteiger partial charge < -0.3 is 8.98 Å². The second-order valence-electron chi connectivity index (χ2n) is 16.7. The van der Waals surface area contributed by atoms with Crippen molar-refractivity contribution < 1.29 is 4.42 Å². The van der Waals surface area contributed by atoms with E-state index in [2.05, 4.69) is 205 Å². The summed E-state index contributed by atoms with van der Waals surface area (Å²) < 4.78 is 11.7. The van der Waals surface area contributed by atoms with E-state index in [0.29, 0.717) is 17.5 Å². The van der Waals surface area contributed by atoms with Gasteiger partial charge in [0.25, 0.3) is 0 Å². The molecule has 0 bridgehead atoms. The lowest BCUT2D eigenvalue weighted by Crippen LogP contribution is -2.00. The minimum absolute atomic E-state index is 0.600. The zero-order valence-electron chi connectivity index (χ0n) is 34.7. The lowest BCUT2D eigenvalue weighted by atomic mass is 10.0. The van der Waals surface area contributed by atoms with Crippen LogP contribution in [-0.2, 0) is 0 Å². The van der Waals surface area contributed by atoms with Gasteiger partial charge in [0.05, 0.1) is 16.7 Å². The summed E-state index contributed by atoms with van der Waals surface area (Å²) in [5, 5.41) is 11.6. The third-order valence-electron chi connectivity index (χ3n) is 13.0. The molecule has 4 aromatic heterocycles. The fourth-order valence-electron chi connectivity index (χ4n) is 10.0. The number of rotatable bonds is 5. The summed E-state index contributed by atoms with van der Waals surface area (Å²) in [7, 11) is 0. The third-order valence-corrected chi connectivity index (χ3v) is 14.2. The van der Waals surface area contributed by atoms with E-state index in [0.717, 1.165) is 82.6 Å². The molecule has 14 aromatic rings. The Hall–Kier alpha value is -8.45. The maximum atomic E-state index is 6.83. The summed E-state index contributed by atoms with van der Waals surface area (Å²) in [6.07, 6.45) is 0. The molecule has 4 heterocycles. The molecule has 0 atom stereocenters. The van der Waals surface area contributed by atoms with Gasteiger partial charge >= 0.3 is 0 Å². The van der Waals surface area contributed by atoms with Crippen molar-refractivity contribution in [2.45, 2.75) is 0 Å². The number of fused-ring (bicyclic) bond motifs is 12. The topological polar surface area (TPSA) is 56.7 Å². The SMILES string of the molecule is c1ccc(-c2ccc(-c3nc(-c4ccc5oc6cc(-n7c8ccccc8c8cc9ccccc9cc87)c7ccccc7c6c5c4)nc(-c4cccc5sc6ccccc6c45)n3)cc2)cc1. The molecule has 0 saturated heterocycles. The lowest BCUT2D eigenvalue weighted by molar-refractivity contribution is 0.669. The van der Waals surface area contributed by atoms with Crippen LogP contribution in [0.1, 0.15) is 0 Å². The van der Waals surface area contributed by atoms with E-state index in [9.17, 15) is 0 Å². The standard InChI is InChI=1S/C59H34N4OS/c1-2-13-35(14-3-1)36-25-27-37(28-26-36)57-60-58(62-59(61-57)45-21-12-24-54-56(45)44-20-9-11-23-53(44)65-54)40-29-30-51-47(32-40)55-43-19-7-6-17-41(43)50(34-52(55)64-51)63-48-22-10-8-18-42(48)46-31-38-15-4-5-16-39(38)33-49(46)63/h1-34H. The summed E-state index contributed by atoms with van der Waals surface area (Å²) >= 11 is 1.79. The van der Waals surface area contributed by atoms with Gasteiger partial charge in [-0.3, -0.25) is 0 Å². The summed E-state index contributed by atoms with van der Waals surface area (Å²) in [6, 6.07) is 73.2. The Balaban J connectivity index is 0.981. The maximum Gasteiger partial charge on any atom is 0.164 e. The summed E-state index contributed by atoms with van der Waals surface area (Å²) in [6.45, 7) is 0. The van der Waals surface area contributed by atoms with Crippen LogP contribution in [0, 0.1) is 0 Å². The Morgan fingerprint density at radius 1 is 0.354 bits per heavy atom. The average molecular weight is 847 g/mol. The smallest absolute Gasteiger partial charge is 0.164 e. The van der Waals surface area contributed by atoms with Gasteiger partial charge in [-0.25, -0.2) is 15.0 Å². The lowest BCUT2D eigenvalue weighted by Gasteiger charge is -2.13. The third kappa shape index (κ3) is 5.61. The van der Waals surface area contributed by atoms with Crippen LogP contribution in [0.3, 0.4) is 0 Å². The summed E-state index contributed by atoms with van der Waals surface area (Å²) in [4.78, 5) is 15.8. The van der Waals surface area contributed by atoms with Gasteiger partial charge in [0, 0.05) is 69.9 Å². The molecular weight excluding hydrogens is 813 g/mol. The minimum Gasteiger partial charge on any atom is -0.456 e. The number of thiophene rings is 1. The molecule has 0 aliphatic heterocycles. The highest BCUT2D eigenvalue weighted by molar-refractivity contribution is 7.25. The van der Waals surface area contributed by atoms with E-state index in [-0.39, 0.29) is 0 Å². The molecule has 0 N–H and O–H groups in total. The quantitative estimate of drug-likeness (QED) is 0.173. The van der Waals surface area contributed by atoms with Crippen molar-refractivity contribution in [3.8, 4) is 51.0 Å². The molecule has 0 amide bonds. The highest BCUT2D eigenvalue weighted by Gasteiger charge is 2.22. The van der Waals surface area contributed by atoms with E-state index < -0.39 is 0 Å². The Bertz CT molecular complexity index is 4240. The van der Waals surface area contributed by atoms with Gasteiger partial charge in [0.2, 0.25) is 0 Å². The molecule has 0 radical (unpaired) electrons. The minimum atomic E-state index is 0.600. The second-order valence-corrected chi connectivity index (χ2v) is 17.8. The van der Waals surface area contributed by atoms with Crippen LogP contribution in [-0.4, -0.2) is 19.5 Å². The Morgan fingerprint density at radius 3 is 1.83 bits per heavy atom. The van der Waals surface area contributed by atoms with Crippen LogP contribution < -0.4 is 0 Å². The Kier molecular flexibility index (Phi) is 7.79. The molecule has 10 aromatic carbocycles. The molecule has 0 fully saturated rings. The molecule has 0 saturated carbocycles. The van der Waals surface area contributed by atoms with Gasteiger partial charge in [0.1, 0.15) is 11.2 Å². The Morgan fingerprint density at radius 2 is 0.985 bits per heavy atom. The first kappa shape index (κ1) is 36.1. The molecule has 302 valence electrons. The van der Waals surface area contributed by atoms with E-state index in [4.69, 9.17) is 19.4 Å². The van der Waals surface area contributed by atoms with Crippen LogP contribution >= 0.6 is 11.3 Å². The van der Waals surface area contributed by atoms with Gasteiger partial charge in [-0.15, -0.1) is 11.3 Å². The number of hydrogen-bond donors (Lipinski definition) is 0. The van der Waals surface area contributed by atoms with E-state index in [1.165, 1.54) is 36.3 Å². The molecule has 65 heavy (non-hydrogen) atoms. The predicted molar refractivity (Wildman–Crippen MR) is 271 cm³/mol. The van der Waals surface area contributed by atoms with Crippen molar-refractivity contribution in [2.24, 2.45) is 0 Å². The summed E-state index contributed by atoms with van der Waals surface area (Å²) in [5.74, 6) is 1.85. The molecule has 0 aliphatic rings. The van der Waals surface area contributed by atoms with E-state index in [1.807, 2.05) is 6.07 Å². The van der Waals surface area contributed by atoms with E-state index in [1.54, 1.807) is 11.3 Å². The van der Waals surface area contributed by atoms with Crippen LogP contribution in [0.5, 0.6) is 0 Å². The molecule has 0 unspecified atom stereocenters. The predicted octanol–water partition coefficient (Wildman–Crippen LogP) is 16.2. The number of furan rings is 1. The fourth-order valence-corrected chi connectivity index (χ4v) is 11.2. The van der Waals surface area contributed by atoms with Crippen molar-refractivity contribution >= 4 is 96.8 Å². The van der Waals surface area contributed by atoms with Crippen LogP contribution in [0.25, 0.3) is 136 Å². The first-order valence-corrected chi connectivity index (χ1v) is 22.7. The van der Waals surface area contributed by atoms with Crippen molar-refractivity contribution in [2.75, 3.05) is 0 Å².